The van der Waals surface area contributed by atoms with Gasteiger partial charge in [0.05, 0.1) is 12.7 Å². The van der Waals surface area contributed by atoms with Gasteiger partial charge in [-0.05, 0) is 12.1 Å². The number of carboxylic acids is 1. The Morgan fingerprint density at radius 2 is 2.00 bits per heavy atom. The number of carbonyl (C=O) groups is 1. The number of aromatic carboxylic acids is 1. The Kier molecular flexibility index (Phi) is 2.82. The van der Waals surface area contributed by atoms with Crippen LogP contribution in [0.3, 0.4) is 0 Å². The molecule has 0 atom stereocenters. The number of nitrogens with zero attached hydrogens (tertiary/aromatic N) is 3. The van der Waals surface area contributed by atoms with E-state index in [1.807, 2.05) is 0 Å². The molecule has 17 heavy (non-hydrogen) atoms. The summed E-state index contributed by atoms with van der Waals surface area (Å²) in [7, 11) is 0. The SMILES string of the molecule is O=C(O)c1cnnn1Cc1c(F)cccc1F. The summed E-state index contributed by atoms with van der Waals surface area (Å²) in [5.74, 6) is -2.76. The molecule has 88 valence electrons. The lowest BCUT2D eigenvalue weighted by Crippen LogP contribution is -2.13. The molecule has 0 spiro atoms. The van der Waals surface area contributed by atoms with Crippen molar-refractivity contribution in [1.29, 1.82) is 0 Å². The van der Waals surface area contributed by atoms with Gasteiger partial charge in [0, 0.05) is 5.56 Å². The zero-order chi connectivity index (χ0) is 12.4. The number of aromatic nitrogens is 3. The maximum Gasteiger partial charge on any atom is 0.355 e. The van der Waals surface area contributed by atoms with E-state index < -0.39 is 17.6 Å². The Labute approximate surface area is 94.3 Å². The molecule has 0 radical (unpaired) electrons. The number of halogens is 2. The summed E-state index contributed by atoms with van der Waals surface area (Å²) in [6.07, 6.45) is 1.01. The van der Waals surface area contributed by atoms with E-state index in [0.717, 1.165) is 23.0 Å². The van der Waals surface area contributed by atoms with Crippen LogP contribution in [0.5, 0.6) is 0 Å². The highest BCUT2D eigenvalue weighted by molar-refractivity contribution is 5.85. The van der Waals surface area contributed by atoms with Crippen molar-refractivity contribution in [2.75, 3.05) is 0 Å². The van der Waals surface area contributed by atoms with E-state index in [1.54, 1.807) is 0 Å². The van der Waals surface area contributed by atoms with E-state index in [4.69, 9.17) is 5.11 Å². The van der Waals surface area contributed by atoms with Gasteiger partial charge in [-0.15, -0.1) is 5.10 Å². The van der Waals surface area contributed by atoms with Gasteiger partial charge in [-0.25, -0.2) is 18.3 Å². The van der Waals surface area contributed by atoms with Crippen LogP contribution >= 0.6 is 0 Å². The Hall–Kier alpha value is -2.31. The molecule has 2 aromatic rings. The van der Waals surface area contributed by atoms with Gasteiger partial charge in [-0.3, -0.25) is 0 Å². The average Bonchev–Trinajstić information content (AvgIpc) is 2.72. The molecule has 0 aliphatic carbocycles. The Morgan fingerprint density at radius 3 is 2.59 bits per heavy atom. The first-order valence-corrected chi connectivity index (χ1v) is 4.64. The third-order valence-electron chi connectivity index (χ3n) is 2.21. The smallest absolute Gasteiger partial charge is 0.355 e. The van der Waals surface area contributed by atoms with Gasteiger partial charge >= 0.3 is 5.97 Å². The highest BCUT2D eigenvalue weighted by atomic mass is 19.1. The average molecular weight is 239 g/mol. The zero-order valence-electron chi connectivity index (χ0n) is 8.47. The second-order valence-electron chi connectivity index (χ2n) is 3.28. The molecule has 1 aromatic heterocycles. The summed E-state index contributed by atoms with van der Waals surface area (Å²) in [4.78, 5) is 10.8. The summed E-state index contributed by atoms with van der Waals surface area (Å²) in [6, 6.07) is 3.42. The van der Waals surface area contributed by atoms with E-state index >= 15 is 0 Å². The Bertz CT molecular complexity index is 548. The number of hydrogen-bond donors (Lipinski definition) is 1. The molecule has 2 rings (SSSR count). The molecule has 0 saturated carbocycles. The summed E-state index contributed by atoms with van der Waals surface area (Å²) in [6.45, 7) is -0.319. The van der Waals surface area contributed by atoms with Crippen LogP contribution in [0.25, 0.3) is 0 Å². The summed E-state index contributed by atoms with van der Waals surface area (Å²) in [5.41, 5.74) is -0.479. The standard InChI is InChI=1S/C10H7F2N3O2/c11-7-2-1-3-8(12)6(7)5-15-9(10(16)17)4-13-14-15/h1-4H,5H2,(H,16,17). The van der Waals surface area contributed by atoms with Crippen LogP contribution < -0.4 is 0 Å². The minimum Gasteiger partial charge on any atom is -0.476 e. The third kappa shape index (κ3) is 2.12. The maximum atomic E-state index is 13.3. The number of rotatable bonds is 3. The Balaban J connectivity index is 2.38. The van der Waals surface area contributed by atoms with Crippen molar-refractivity contribution in [3.8, 4) is 0 Å². The molecule has 0 unspecified atom stereocenters. The van der Waals surface area contributed by atoms with Gasteiger partial charge < -0.3 is 5.11 Å². The van der Waals surface area contributed by atoms with Gasteiger partial charge in [0.2, 0.25) is 0 Å². The van der Waals surface area contributed by atoms with E-state index in [9.17, 15) is 13.6 Å². The van der Waals surface area contributed by atoms with Crippen molar-refractivity contribution >= 4 is 5.97 Å². The molecule has 0 aliphatic heterocycles. The number of carboxylic acid groups (broad SMARTS) is 1. The number of hydrogen-bond acceptors (Lipinski definition) is 3. The second kappa shape index (κ2) is 4.28. The molecule has 0 amide bonds. The molecule has 0 aliphatic rings. The van der Waals surface area contributed by atoms with Crippen molar-refractivity contribution in [2.24, 2.45) is 0 Å². The monoisotopic (exact) mass is 239 g/mol. The van der Waals surface area contributed by atoms with Gasteiger partial charge in [-0.1, -0.05) is 11.3 Å². The topological polar surface area (TPSA) is 68.0 Å². The van der Waals surface area contributed by atoms with E-state index in [1.165, 1.54) is 6.07 Å². The van der Waals surface area contributed by atoms with E-state index in [2.05, 4.69) is 10.3 Å². The number of benzene rings is 1. The lowest BCUT2D eigenvalue weighted by atomic mass is 10.2. The third-order valence-corrected chi connectivity index (χ3v) is 2.21. The van der Waals surface area contributed by atoms with Crippen molar-refractivity contribution in [1.82, 2.24) is 15.0 Å². The van der Waals surface area contributed by atoms with Crippen LogP contribution in [0.1, 0.15) is 16.1 Å². The fraction of sp³-hybridized carbons (Fsp3) is 0.100. The highest BCUT2D eigenvalue weighted by Crippen LogP contribution is 2.13. The molecule has 1 heterocycles. The van der Waals surface area contributed by atoms with Gasteiger partial charge in [0.1, 0.15) is 11.6 Å². The lowest BCUT2D eigenvalue weighted by Gasteiger charge is -2.05. The van der Waals surface area contributed by atoms with Gasteiger partial charge in [0.15, 0.2) is 5.69 Å². The van der Waals surface area contributed by atoms with Crippen molar-refractivity contribution < 1.29 is 18.7 Å². The summed E-state index contributed by atoms with van der Waals surface area (Å²) in [5, 5.41) is 15.6. The molecule has 1 aromatic carbocycles. The molecular weight excluding hydrogens is 232 g/mol. The van der Waals surface area contributed by atoms with Crippen LogP contribution in [0.15, 0.2) is 24.4 Å². The minimum absolute atomic E-state index is 0.229. The van der Waals surface area contributed by atoms with Gasteiger partial charge in [-0.2, -0.15) is 0 Å². The normalized spacial score (nSPS) is 10.5. The summed E-state index contributed by atoms with van der Waals surface area (Å²) >= 11 is 0. The fourth-order valence-corrected chi connectivity index (χ4v) is 1.37. The predicted molar refractivity (Wildman–Crippen MR) is 52.4 cm³/mol. The van der Waals surface area contributed by atoms with Crippen LogP contribution in [0.4, 0.5) is 8.78 Å². The predicted octanol–water partition coefficient (Wildman–Crippen LogP) is 1.30. The first kappa shape index (κ1) is 11.2. The molecule has 0 bridgehead atoms. The van der Waals surface area contributed by atoms with Crippen LogP contribution in [-0.2, 0) is 6.54 Å². The van der Waals surface area contributed by atoms with Crippen molar-refractivity contribution in [3.63, 3.8) is 0 Å². The van der Waals surface area contributed by atoms with Crippen LogP contribution in [-0.4, -0.2) is 26.1 Å². The summed E-state index contributed by atoms with van der Waals surface area (Å²) < 4.78 is 27.6. The molecule has 5 nitrogen and oxygen atoms in total. The minimum atomic E-state index is -1.26. The van der Waals surface area contributed by atoms with Crippen LogP contribution in [0, 0.1) is 11.6 Å². The molecule has 0 fully saturated rings. The largest absolute Gasteiger partial charge is 0.476 e. The van der Waals surface area contributed by atoms with Crippen molar-refractivity contribution in [3.05, 3.63) is 47.3 Å². The Morgan fingerprint density at radius 1 is 1.35 bits per heavy atom. The molecule has 1 N–H and O–H groups in total. The van der Waals surface area contributed by atoms with E-state index in [-0.39, 0.29) is 17.8 Å². The molecule has 7 heteroatoms. The fourth-order valence-electron chi connectivity index (χ4n) is 1.37. The first-order chi connectivity index (χ1) is 8.09. The quantitative estimate of drug-likeness (QED) is 0.876. The zero-order valence-corrected chi connectivity index (χ0v) is 8.47. The first-order valence-electron chi connectivity index (χ1n) is 4.64. The van der Waals surface area contributed by atoms with Crippen molar-refractivity contribution in [2.45, 2.75) is 6.54 Å². The second-order valence-corrected chi connectivity index (χ2v) is 3.28. The lowest BCUT2D eigenvalue weighted by molar-refractivity contribution is 0.0683. The molecular formula is C10H7F2N3O2. The highest BCUT2D eigenvalue weighted by Gasteiger charge is 2.15. The van der Waals surface area contributed by atoms with E-state index in [0.29, 0.717) is 0 Å². The maximum absolute atomic E-state index is 13.3. The molecule has 0 saturated heterocycles. The van der Waals surface area contributed by atoms with Gasteiger partial charge in [0.25, 0.3) is 0 Å². The van der Waals surface area contributed by atoms with Crippen LogP contribution in [0.2, 0.25) is 0 Å².